The fourth-order valence-corrected chi connectivity index (χ4v) is 3.33. The summed E-state index contributed by atoms with van der Waals surface area (Å²) in [6, 6.07) is 11.3. The number of hydrogen-bond acceptors (Lipinski definition) is 6. The molecule has 8 heteroatoms. The van der Waals surface area contributed by atoms with Gasteiger partial charge in [0.25, 0.3) is 0 Å². The SMILES string of the molecule is COc1ccccc1Nc1cc2c(cn1)cc(-c1cnn(C)c1)n2C(=O)OC(C)(C)C. The number of methoxy groups -OCH3 is 1. The molecule has 0 fully saturated rings. The zero-order chi connectivity index (χ0) is 22.2. The molecule has 4 aromatic rings. The van der Waals surface area contributed by atoms with Crippen LogP contribution in [-0.2, 0) is 11.8 Å². The molecule has 160 valence electrons. The lowest BCUT2D eigenvalue weighted by atomic mass is 10.2. The number of para-hydroxylation sites is 2. The maximum Gasteiger partial charge on any atom is 0.419 e. The summed E-state index contributed by atoms with van der Waals surface area (Å²) in [5.41, 5.74) is 2.32. The molecule has 0 aliphatic carbocycles. The van der Waals surface area contributed by atoms with Gasteiger partial charge in [-0.2, -0.15) is 5.10 Å². The number of aromatic nitrogens is 4. The number of anilines is 2. The zero-order valence-electron chi connectivity index (χ0n) is 18.2. The molecule has 4 rings (SSSR count). The molecule has 0 atom stereocenters. The van der Waals surface area contributed by atoms with E-state index in [-0.39, 0.29) is 0 Å². The Morgan fingerprint density at radius 1 is 1.13 bits per heavy atom. The molecule has 0 saturated heterocycles. The van der Waals surface area contributed by atoms with Crippen molar-refractivity contribution in [2.75, 3.05) is 12.4 Å². The Balaban J connectivity index is 1.83. The quantitative estimate of drug-likeness (QED) is 0.503. The monoisotopic (exact) mass is 419 g/mol. The molecule has 1 aromatic carbocycles. The Bertz CT molecular complexity index is 1250. The number of carbonyl (C=O) groups excluding carboxylic acids is 1. The van der Waals surface area contributed by atoms with Gasteiger partial charge in [0.05, 0.1) is 30.2 Å². The second-order valence-corrected chi connectivity index (χ2v) is 8.20. The third-order valence-electron chi connectivity index (χ3n) is 4.63. The molecule has 0 unspecified atom stereocenters. The highest BCUT2D eigenvalue weighted by Crippen LogP contribution is 2.32. The maximum absolute atomic E-state index is 13.2. The third-order valence-corrected chi connectivity index (χ3v) is 4.63. The number of ether oxygens (including phenoxy) is 2. The van der Waals surface area contributed by atoms with E-state index in [9.17, 15) is 4.79 Å². The predicted molar refractivity (Wildman–Crippen MR) is 120 cm³/mol. The minimum absolute atomic E-state index is 0.462. The van der Waals surface area contributed by atoms with Crippen molar-refractivity contribution < 1.29 is 14.3 Å². The van der Waals surface area contributed by atoms with E-state index >= 15 is 0 Å². The molecule has 0 aliphatic rings. The minimum atomic E-state index is -0.634. The summed E-state index contributed by atoms with van der Waals surface area (Å²) in [6.45, 7) is 5.53. The van der Waals surface area contributed by atoms with Crippen LogP contribution < -0.4 is 10.1 Å². The molecule has 0 saturated carbocycles. The van der Waals surface area contributed by atoms with Gasteiger partial charge >= 0.3 is 6.09 Å². The molecule has 3 heterocycles. The van der Waals surface area contributed by atoms with Gasteiger partial charge in [0.1, 0.15) is 17.2 Å². The first-order chi connectivity index (χ1) is 14.7. The molecular weight excluding hydrogens is 394 g/mol. The van der Waals surface area contributed by atoms with Gasteiger partial charge < -0.3 is 14.8 Å². The number of fused-ring (bicyclic) bond motifs is 1. The van der Waals surface area contributed by atoms with E-state index in [0.29, 0.717) is 22.8 Å². The smallest absolute Gasteiger partial charge is 0.419 e. The van der Waals surface area contributed by atoms with Crippen LogP contribution in [0.15, 0.2) is 55.0 Å². The van der Waals surface area contributed by atoms with Crippen molar-refractivity contribution in [3.05, 3.63) is 55.0 Å². The standard InChI is InChI=1S/C23H25N5O3/c1-23(2,3)31-22(29)28-18(16-13-25-27(4)14-16)10-15-12-24-21(11-19(15)28)26-17-8-6-7-9-20(17)30-5/h6-14H,1-5H3,(H,24,26). The number of aryl methyl sites for hydroxylation is 1. The van der Waals surface area contributed by atoms with Crippen LogP contribution in [0.2, 0.25) is 0 Å². The van der Waals surface area contributed by atoms with E-state index in [0.717, 1.165) is 16.6 Å². The molecule has 3 aromatic heterocycles. The lowest BCUT2D eigenvalue weighted by Crippen LogP contribution is -2.27. The largest absolute Gasteiger partial charge is 0.495 e. The summed E-state index contributed by atoms with van der Waals surface area (Å²) in [4.78, 5) is 17.7. The van der Waals surface area contributed by atoms with Gasteiger partial charge in [-0.1, -0.05) is 12.1 Å². The molecule has 8 nitrogen and oxygen atoms in total. The van der Waals surface area contributed by atoms with Crippen LogP contribution in [0.25, 0.3) is 22.2 Å². The van der Waals surface area contributed by atoms with Gasteiger partial charge in [-0.15, -0.1) is 0 Å². The van der Waals surface area contributed by atoms with Crippen LogP contribution in [0.3, 0.4) is 0 Å². The summed E-state index contributed by atoms with van der Waals surface area (Å²) < 4.78 is 14.4. The lowest BCUT2D eigenvalue weighted by Gasteiger charge is -2.21. The van der Waals surface area contributed by atoms with Crippen molar-refractivity contribution in [1.29, 1.82) is 0 Å². The molecule has 0 bridgehead atoms. The van der Waals surface area contributed by atoms with Crippen molar-refractivity contribution in [3.63, 3.8) is 0 Å². The van der Waals surface area contributed by atoms with Crippen LogP contribution in [0.1, 0.15) is 20.8 Å². The van der Waals surface area contributed by atoms with Crippen LogP contribution in [0, 0.1) is 0 Å². The lowest BCUT2D eigenvalue weighted by molar-refractivity contribution is 0.0547. The Morgan fingerprint density at radius 3 is 2.58 bits per heavy atom. The third kappa shape index (κ3) is 4.23. The maximum atomic E-state index is 13.2. The summed E-state index contributed by atoms with van der Waals surface area (Å²) in [7, 11) is 3.45. The topological polar surface area (TPSA) is 83.2 Å². The molecule has 1 N–H and O–H groups in total. The summed E-state index contributed by atoms with van der Waals surface area (Å²) in [5.74, 6) is 1.28. The predicted octanol–water partition coefficient (Wildman–Crippen LogP) is 4.97. The highest BCUT2D eigenvalue weighted by atomic mass is 16.6. The number of hydrogen-bond donors (Lipinski definition) is 1. The van der Waals surface area contributed by atoms with Gasteiger partial charge in [-0.3, -0.25) is 4.68 Å². The van der Waals surface area contributed by atoms with Crippen LogP contribution in [-0.4, -0.2) is 38.1 Å². The van der Waals surface area contributed by atoms with Crippen molar-refractivity contribution >= 4 is 28.5 Å². The number of nitrogens with one attached hydrogen (secondary N) is 1. The Hall–Kier alpha value is -3.81. The van der Waals surface area contributed by atoms with Crippen molar-refractivity contribution in [1.82, 2.24) is 19.3 Å². The minimum Gasteiger partial charge on any atom is -0.495 e. The van der Waals surface area contributed by atoms with Crippen molar-refractivity contribution in [3.8, 4) is 17.0 Å². The second-order valence-electron chi connectivity index (χ2n) is 8.20. The van der Waals surface area contributed by atoms with Crippen LogP contribution >= 0.6 is 0 Å². The highest BCUT2D eigenvalue weighted by molar-refractivity contribution is 5.97. The summed E-state index contributed by atoms with van der Waals surface area (Å²) >= 11 is 0. The molecular formula is C23H25N5O3. The van der Waals surface area contributed by atoms with Crippen LogP contribution in [0.4, 0.5) is 16.3 Å². The van der Waals surface area contributed by atoms with Gasteiger partial charge in [0, 0.05) is 36.5 Å². The van der Waals surface area contributed by atoms with Gasteiger partial charge in [-0.05, 0) is 39.0 Å². The van der Waals surface area contributed by atoms with E-state index in [2.05, 4.69) is 15.4 Å². The molecule has 0 aliphatic heterocycles. The fraction of sp³-hybridized carbons (Fsp3) is 0.261. The number of benzene rings is 1. The fourth-order valence-electron chi connectivity index (χ4n) is 3.33. The van der Waals surface area contributed by atoms with E-state index in [4.69, 9.17) is 9.47 Å². The number of rotatable bonds is 4. The van der Waals surface area contributed by atoms with E-state index < -0.39 is 11.7 Å². The normalized spacial score (nSPS) is 11.5. The van der Waals surface area contributed by atoms with Crippen molar-refractivity contribution in [2.24, 2.45) is 7.05 Å². The van der Waals surface area contributed by atoms with E-state index in [1.807, 2.05) is 70.4 Å². The average Bonchev–Trinajstić information content (AvgIpc) is 3.30. The average molecular weight is 419 g/mol. The second kappa shape index (κ2) is 7.79. The van der Waals surface area contributed by atoms with Crippen LogP contribution in [0.5, 0.6) is 5.75 Å². The highest BCUT2D eigenvalue weighted by Gasteiger charge is 2.24. The molecule has 0 radical (unpaired) electrons. The van der Waals surface area contributed by atoms with Crippen molar-refractivity contribution in [2.45, 2.75) is 26.4 Å². The van der Waals surface area contributed by atoms with E-state index in [1.54, 1.807) is 28.8 Å². The Morgan fingerprint density at radius 2 is 1.90 bits per heavy atom. The number of pyridine rings is 1. The Labute approximate surface area is 180 Å². The first-order valence-electron chi connectivity index (χ1n) is 9.89. The first-order valence-corrected chi connectivity index (χ1v) is 9.89. The summed E-state index contributed by atoms with van der Waals surface area (Å²) in [5, 5.41) is 8.32. The van der Waals surface area contributed by atoms with Gasteiger partial charge in [0.2, 0.25) is 0 Å². The van der Waals surface area contributed by atoms with Gasteiger partial charge in [0.15, 0.2) is 0 Å². The molecule has 31 heavy (non-hydrogen) atoms. The molecule has 0 amide bonds. The summed E-state index contributed by atoms with van der Waals surface area (Å²) in [6.07, 6.45) is 4.84. The Kier molecular flexibility index (Phi) is 5.14. The van der Waals surface area contributed by atoms with Gasteiger partial charge in [-0.25, -0.2) is 14.3 Å². The zero-order valence-corrected chi connectivity index (χ0v) is 18.2. The van der Waals surface area contributed by atoms with E-state index in [1.165, 1.54) is 0 Å². The molecule has 0 spiro atoms. The first kappa shape index (κ1) is 20.5. The number of nitrogens with zero attached hydrogens (tertiary/aromatic N) is 4. The number of carbonyl (C=O) groups is 1.